The van der Waals surface area contributed by atoms with Crippen LogP contribution in [0.3, 0.4) is 0 Å². The molecule has 0 radical (unpaired) electrons. The Hall–Kier alpha value is -10.2. The highest BCUT2D eigenvalue weighted by Gasteiger charge is 2.17. The van der Waals surface area contributed by atoms with Crippen LogP contribution in [-0.2, 0) is 0 Å². The van der Waals surface area contributed by atoms with Gasteiger partial charge < -0.3 is 14.7 Å². The van der Waals surface area contributed by atoms with E-state index in [4.69, 9.17) is 0 Å². The molecule has 0 aliphatic heterocycles. The van der Waals surface area contributed by atoms with Crippen molar-refractivity contribution < 1.29 is 0 Å². The van der Waals surface area contributed by atoms with E-state index in [2.05, 4.69) is 336 Å². The summed E-state index contributed by atoms with van der Waals surface area (Å²) in [6.07, 6.45) is 0. The van der Waals surface area contributed by atoms with Crippen molar-refractivity contribution in [2.24, 2.45) is 0 Å². The number of hydrogen-bond acceptors (Lipinski definition) is 3. The first kappa shape index (κ1) is 46.6. The quantitative estimate of drug-likeness (QED) is 0.114. The normalized spacial score (nSPS) is 11.1. The van der Waals surface area contributed by atoms with Crippen LogP contribution in [0, 0.1) is 0 Å². The second-order valence-electron chi connectivity index (χ2n) is 19.4. The van der Waals surface area contributed by atoms with Gasteiger partial charge in [-0.1, -0.05) is 200 Å². The van der Waals surface area contributed by atoms with E-state index < -0.39 is 0 Å². The monoisotopic (exact) mass is 983 g/mol. The summed E-state index contributed by atoms with van der Waals surface area (Å²) in [6, 6.07) is 116. The molecule has 0 unspecified atom stereocenters. The van der Waals surface area contributed by atoms with E-state index in [9.17, 15) is 0 Å². The molecule has 3 heteroatoms. The molecule has 0 amide bonds. The standard InChI is InChI=1S/C74H53N3/c1-6-16-54(17-7-1)56-30-40-69(41-31-56)75(66-20-10-3-11-21-66)71-44-34-58(35-45-71)60-26-28-64-52-73(48-38-62(64)50-60)77(68-24-14-5-15-25-68)74-49-39-63-51-61(27-29-65(63)53-74)59-36-46-72(47-37-59)76(67-22-12-4-13-23-67)70-42-32-57(33-43-70)55-18-8-2-9-19-55/h1-53H. The van der Waals surface area contributed by atoms with Gasteiger partial charge in [0.25, 0.3) is 0 Å². The van der Waals surface area contributed by atoms with E-state index >= 15 is 0 Å². The van der Waals surface area contributed by atoms with E-state index in [1.807, 2.05) is 0 Å². The Bertz CT molecular complexity index is 3840. The fourth-order valence-corrected chi connectivity index (χ4v) is 10.6. The average molecular weight is 984 g/mol. The maximum atomic E-state index is 2.36. The summed E-state index contributed by atoms with van der Waals surface area (Å²) < 4.78 is 0. The van der Waals surface area contributed by atoms with Crippen LogP contribution in [0.15, 0.2) is 322 Å². The lowest BCUT2D eigenvalue weighted by molar-refractivity contribution is 1.28. The Labute approximate surface area is 451 Å². The second-order valence-corrected chi connectivity index (χ2v) is 19.4. The molecular weight excluding hydrogens is 931 g/mol. The topological polar surface area (TPSA) is 9.72 Å². The van der Waals surface area contributed by atoms with Gasteiger partial charge in [0.1, 0.15) is 0 Å². The van der Waals surface area contributed by atoms with Gasteiger partial charge in [0.05, 0.1) is 0 Å². The third-order valence-corrected chi connectivity index (χ3v) is 14.6. The molecule has 0 aliphatic rings. The first-order valence-corrected chi connectivity index (χ1v) is 26.3. The summed E-state index contributed by atoms with van der Waals surface area (Å²) in [5, 5.41) is 4.75. The molecule has 13 rings (SSSR count). The molecule has 0 bridgehead atoms. The lowest BCUT2D eigenvalue weighted by Gasteiger charge is -2.26. The number of fused-ring (bicyclic) bond motifs is 2. The minimum absolute atomic E-state index is 1.10. The Morgan fingerprint density at radius 2 is 0.325 bits per heavy atom. The van der Waals surface area contributed by atoms with Crippen molar-refractivity contribution in [2.45, 2.75) is 0 Å². The number of benzene rings is 13. The van der Waals surface area contributed by atoms with E-state index in [-0.39, 0.29) is 0 Å². The van der Waals surface area contributed by atoms with E-state index in [1.165, 1.54) is 66.1 Å². The summed E-state index contributed by atoms with van der Waals surface area (Å²) in [5.74, 6) is 0. The fraction of sp³-hybridized carbons (Fsp3) is 0. The van der Waals surface area contributed by atoms with Gasteiger partial charge in [-0.05, 0) is 187 Å². The Morgan fingerprint density at radius 1 is 0.130 bits per heavy atom. The minimum Gasteiger partial charge on any atom is -0.311 e. The molecule has 0 aromatic heterocycles. The van der Waals surface area contributed by atoms with E-state index in [0.717, 1.165) is 51.2 Å². The van der Waals surface area contributed by atoms with Crippen LogP contribution in [0.5, 0.6) is 0 Å². The van der Waals surface area contributed by atoms with Gasteiger partial charge >= 0.3 is 0 Å². The molecule has 3 nitrogen and oxygen atoms in total. The first-order valence-electron chi connectivity index (χ1n) is 26.3. The minimum atomic E-state index is 1.10. The largest absolute Gasteiger partial charge is 0.311 e. The first-order chi connectivity index (χ1) is 38.1. The summed E-state index contributed by atoms with van der Waals surface area (Å²) in [4.78, 5) is 7.00. The van der Waals surface area contributed by atoms with Gasteiger partial charge in [-0.2, -0.15) is 0 Å². The van der Waals surface area contributed by atoms with Crippen molar-refractivity contribution in [2.75, 3.05) is 14.7 Å². The fourth-order valence-electron chi connectivity index (χ4n) is 10.6. The highest BCUT2D eigenvalue weighted by Crippen LogP contribution is 2.42. The van der Waals surface area contributed by atoms with Crippen LogP contribution in [0.4, 0.5) is 51.2 Å². The molecular formula is C74H53N3. The summed E-state index contributed by atoms with van der Waals surface area (Å²) >= 11 is 0. The number of rotatable bonds is 13. The smallest absolute Gasteiger partial charge is 0.0468 e. The van der Waals surface area contributed by atoms with Crippen molar-refractivity contribution in [3.8, 4) is 44.5 Å². The van der Waals surface area contributed by atoms with Crippen LogP contribution in [0.25, 0.3) is 66.1 Å². The molecule has 0 atom stereocenters. The molecule has 0 heterocycles. The third kappa shape index (κ3) is 9.74. The molecule has 13 aromatic carbocycles. The molecule has 0 spiro atoms. The van der Waals surface area contributed by atoms with E-state index in [0.29, 0.717) is 0 Å². The molecule has 0 saturated heterocycles. The van der Waals surface area contributed by atoms with Crippen molar-refractivity contribution in [3.05, 3.63) is 322 Å². The predicted molar refractivity (Wildman–Crippen MR) is 327 cm³/mol. The Balaban J connectivity index is 0.758. The van der Waals surface area contributed by atoms with Crippen LogP contribution in [0.2, 0.25) is 0 Å². The zero-order valence-corrected chi connectivity index (χ0v) is 42.4. The van der Waals surface area contributed by atoms with Crippen LogP contribution in [0.1, 0.15) is 0 Å². The Morgan fingerprint density at radius 3 is 0.636 bits per heavy atom. The lowest BCUT2D eigenvalue weighted by Crippen LogP contribution is -2.09. The molecule has 0 fully saturated rings. The molecule has 77 heavy (non-hydrogen) atoms. The zero-order valence-electron chi connectivity index (χ0n) is 42.4. The number of hydrogen-bond donors (Lipinski definition) is 0. The number of nitrogens with zero attached hydrogens (tertiary/aromatic N) is 3. The SMILES string of the molecule is c1ccc(-c2ccc(N(c3ccccc3)c3ccc(-c4ccc5cc(N(c6ccccc6)c6ccc7cc(-c8ccc(N(c9ccccc9)c9ccc(-c%10ccccc%10)cc9)cc8)ccc7c6)ccc5c4)cc3)cc2)cc1. The van der Waals surface area contributed by atoms with Gasteiger partial charge in [-0.15, -0.1) is 0 Å². The van der Waals surface area contributed by atoms with Crippen molar-refractivity contribution in [1.29, 1.82) is 0 Å². The zero-order chi connectivity index (χ0) is 51.3. The predicted octanol–water partition coefficient (Wildman–Crippen LogP) is 21.1. The van der Waals surface area contributed by atoms with Gasteiger partial charge in [0.15, 0.2) is 0 Å². The summed E-state index contributed by atoms with van der Waals surface area (Å²) in [7, 11) is 0. The molecule has 364 valence electrons. The molecule has 0 N–H and O–H groups in total. The van der Waals surface area contributed by atoms with Crippen LogP contribution >= 0.6 is 0 Å². The van der Waals surface area contributed by atoms with Crippen molar-refractivity contribution in [3.63, 3.8) is 0 Å². The summed E-state index contributed by atoms with van der Waals surface area (Å²) in [6.45, 7) is 0. The average Bonchev–Trinajstić information content (AvgIpc) is 3.51. The van der Waals surface area contributed by atoms with Gasteiger partial charge in [0.2, 0.25) is 0 Å². The maximum absolute atomic E-state index is 2.36. The summed E-state index contributed by atoms with van der Waals surface area (Å²) in [5.41, 5.74) is 19.5. The van der Waals surface area contributed by atoms with Gasteiger partial charge in [0, 0.05) is 51.2 Å². The van der Waals surface area contributed by atoms with Crippen LogP contribution < -0.4 is 14.7 Å². The number of para-hydroxylation sites is 3. The second kappa shape index (κ2) is 21.0. The van der Waals surface area contributed by atoms with Crippen LogP contribution in [-0.4, -0.2) is 0 Å². The Kier molecular flexibility index (Phi) is 12.7. The highest BCUT2D eigenvalue weighted by atomic mass is 15.2. The maximum Gasteiger partial charge on any atom is 0.0468 e. The highest BCUT2D eigenvalue weighted by molar-refractivity contribution is 5.96. The molecule has 0 aliphatic carbocycles. The third-order valence-electron chi connectivity index (χ3n) is 14.6. The number of anilines is 9. The van der Waals surface area contributed by atoms with Crippen molar-refractivity contribution >= 4 is 72.7 Å². The molecule has 13 aromatic rings. The molecule has 0 saturated carbocycles. The van der Waals surface area contributed by atoms with Gasteiger partial charge in [-0.3, -0.25) is 0 Å². The van der Waals surface area contributed by atoms with Gasteiger partial charge in [-0.25, -0.2) is 0 Å². The van der Waals surface area contributed by atoms with E-state index in [1.54, 1.807) is 0 Å². The lowest BCUT2D eigenvalue weighted by atomic mass is 9.99. The van der Waals surface area contributed by atoms with Crippen molar-refractivity contribution in [1.82, 2.24) is 0 Å².